The van der Waals surface area contributed by atoms with Gasteiger partial charge < -0.3 is 14.5 Å². The van der Waals surface area contributed by atoms with E-state index in [9.17, 15) is 4.79 Å². The number of fused-ring (bicyclic) bond motifs is 1. The first kappa shape index (κ1) is 18.4. The van der Waals surface area contributed by atoms with Gasteiger partial charge in [0.1, 0.15) is 6.33 Å². The van der Waals surface area contributed by atoms with Gasteiger partial charge in [-0.2, -0.15) is 11.3 Å². The molecule has 0 bridgehead atoms. The first-order valence-corrected chi connectivity index (χ1v) is 10.9. The minimum absolute atomic E-state index is 0.134. The number of aromatic nitrogens is 5. The van der Waals surface area contributed by atoms with Crippen molar-refractivity contribution in [2.45, 2.75) is 31.9 Å². The van der Waals surface area contributed by atoms with E-state index < -0.39 is 0 Å². The van der Waals surface area contributed by atoms with Crippen LogP contribution >= 0.6 is 11.3 Å². The van der Waals surface area contributed by atoms with Gasteiger partial charge in [0.2, 0.25) is 5.91 Å². The molecule has 29 heavy (non-hydrogen) atoms. The molecule has 0 saturated carbocycles. The molecule has 10 heteroatoms. The lowest BCUT2D eigenvalue weighted by Crippen LogP contribution is -2.47. The Morgan fingerprint density at radius 1 is 1.24 bits per heavy atom. The molecule has 5 rings (SSSR count). The predicted molar refractivity (Wildman–Crippen MR) is 109 cm³/mol. The predicted octanol–water partition coefficient (Wildman–Crippen LogP) is 1.35. The number of carbonyl (C=O) groups excluding carboxylic acids is 1. The largest absolute Gasteiger partial charge is 0.373 e. The number of anilines is 1. The van der Waals surface area contributed by atoms with Crippen LogP contribution in [0.5, 0.6) is 0 Å². The highest BCUT2D eigenvalue weighted by Crippen LogP contribution is 2.24. The second kappa shape index (κ2) is 8.03. The maximum absolute atomic E-state index is 12.6. The van der Waals surface area contributed by atoms with Crippen molar-refractivity contribution in [3.8, 4) is 0 Å². The molecule has 1 atom stereocenters. The molecule has 2 aliphatic heterocycles. The number of rotatable bonds is 5. The van der Waals surface area contributed by atoms with Gasteiger partial charge in [-0.3, -0.25) is 4.79 Å². The van der Waals surface area contributed by atoms with Crippen molar-refractivity contribution >= 4 is 34.2 Å². The molecule has 0 N–H and O–H groups in total. The zero-order valence-corrected chi connectivity index (χ0v) is 16.9. The Kier molecular flexibility index (Phi) is 5.11. The minimum Gasteiger partial charge on any atom is -0.373 e. The van der Waals surface area contributed by atoms with E-state index in [0.717, 1.165) is 30.0 Å². The van der Waals surface area contributed by atoms with E-state index in [1.165, 1.54) is 12.8 Å². The van der Waals surface area contributed by atoms with Crippen molar-refractivity contribution < 1.29 is 9.53 Å². The highest BCUT2D eigenvalue weighted by atomic mass is 32.1. The molecule has 5 heterocycles. The molecule has 2 aliphatic rings. The number of carbonyl (C=O) groups is 1. The lowest BCUT2D eigenvalue weighted by Gasteiger charge is -2.33. The van der Waals surface area contributed by atoms with E-state index >= 15 is 0 Å². The van der Waals surface area contributed by atoms with E-state index in [0.29, 0.717) is 38.3 Å². The lowest BCUT2D eigenvalue weighted by atomic mass is 10.2. The molecule has 2 fully saturated rings. The summed E-state index contributed by atoms with van der Waals surface area (Å²) in [6.07, 6.45) is 4.23. The van der Waals surface area contributed by atoms with Crippen molar-refractivity contribution in [1.29, 1.82) is 0 Å². The molecule has 2 saturated heterocycles. The molecule has 3 aromatic heterocycles. The van der Waals surface area contributed by atoms with Crippen molar-refractivity contribution in [2.75, 3.05) is 37.7 Å². The molecule has 0 aromatic carbocycles. The van der Waals surface area contributed by atoms with Gasteiger partial charge in [0.25, 0.3) is 0 Å². The summed E-state index contributed by atoms with van der Waals surface area (Å²) in [5.41, 5.74) is 2.51. The number of hydrogen-bond donors (Lipinski definition) is 0. The smallest absolute Gasteiger partial charge is 0.227 e. The van der Waals surface area contributed by atoms with Crippen LogP contribution in [0, 0.1) is 0 Å². The topological polar surface area (TPSA) is 89.3 Å². The first-order chi connectivity index (χ1) is 14.3. The Hall–Kier alpha value is -2.59. The molecule has 0 spiro atoms. The highest BCUT2D eigenvalue weighted by Gasteiger charge is 2.26. The number of morpholine rings is 1. The highest BCUT2D eigenvalue weighted by molar-refractivity contribution is 7.08. The quantitative estimate of drug-likeness (QED) is 0.624. The van der Waals surface area contributed by atoms with Crippen LogP contribution in [0.15, 0.2) is 23.2 Å². The van der Waals surface area contributed by atoms with E-state index in [1.807, 2.05) is 21.7 Å². The summed E-state index contributed by atoms with van der Waals surface area (Å²) in [6.45, 7) is 4.20. The van der Waals surface area contributed by atoms with Gasteiger partial charge in [0.15, 0.2) is 17.0 Å². The van der Waals surface area contributed by atoms with Gasteiger partial charge in [-0.15, -0.1) is 5.10 Å². The van der Waals surface area contributed by atoms with Crippen LogP contribution < -0.4 is 4.90 Å². The summed E-state index contributed by atoms with van der Waals surface area (Å²) in [7, 11) is 0. The second-order valence-electron chi connectivity index (χ2n) is 7.48. The summed E-state index contributed by atoms with van der Waals surface area (Å²) in [4.78, 5) is 25.6. The first-order valence-electron chi connectivity index (χ1n) is 9.97. The summed E-state index contributed by atoms with van der Waals surface area (Å²) in [6, 6.07) is 2.00. The van der Waals surface area contributed by atoms with Crippen molar-refractivity contribution in [3.63, 3.8) is 0 Å². The molecule has 9 nitrogen and oxygen atoms in total. The van der Waals surface area contributed by atoms with Crippen LogP contribution in [0.25, 0.3) is 11.2 Å². The summed E-state index contributed by atoms with van der Waals surface area (Å²) in [5, 5.41) is 12.7. The number of thiophene rings is 1. The van der Waals surface area contributed by atoms with Gasteiger partial charge >= 0.3 is 0 Å². The lowest BCUT2D eigenvalue weighted by molar-refractivity contribution is -0.138. The third kappa shape index (κ3) is 3.82. The van der Waals surface area contributed by atoms with E-state index in [1.54, 1.807) is 22.3 Å². The van der Waals surface area contributed by atoms with Gasteiger partial charge in [-0.05, 0) is 35.2 Å². The molecule has 152 valence electrons. The molecule has 0 aliphatic carbocycles. The number of amides is 1. The number of ether oxygens (including phenoxy) is 1. The maximum atomic E-state index is 12.6. The Morgan fingerprint density at radius 3 is 2.97 bits per heavy atom. The monoisotopic (exact) mass is 413 g/mol. The third-order valence-corrected chi connectivity index (χ3v) is 6.22. The molecule has 0 unspecified atom stereocenters. The summed E-state index contributed by atoms with van der Waals surface area (Å²) in [5.74, 6) is 0.995. The van der Waals surface area contributed by atoms with Crippen LogP contribution in [-0.4, -0.2) is 74.7 Å². The fourth-order valence-electron chi connectivity index (χ4n) is 3.99. The van der Waals surface area contributed by atoms with Crippen LogP contribution in [0.4, 0.5) is 5.82 Å². The number of nitrogens with zero attached hydrogens (tertiary/aromatic N) is 7. The maximum Gasteiger partial charge on any atom is 0.227 e. The van der Waals surface area contributed by atoms with Crippen LogP contribution in [0.3, 0.4) is 0 Å². The Labute approximate surface area is 172 Å². The SMILES string of the molecule is O=C(Cc1ccsc1)N1CCO[C@H](Cn2nnc3c(N4CCCC4)ncnc32)C1. The minimum atomic E-state index is -0.134. The number of hydrogen-bond acceptors (Lipinski definition) is 8. The summed E-state index contributed by atoms with van der Waals surface area (Å²) >= 11 is 1.61. The molecular weight excluding hydrogens is 390 g/mol. The van der Waals surface area contributed by atoms with Crippen LogP contribution in [-0.2, 0) is 22.5 Å². The van der Waals surface area contributed by atoms with Gasteiger partial charge in [-0.25, -0.2) is 14.6 Å². The standard InChI is InChI=1S/C19H23N7O2S/c27-16(9-14-3-8-29-12-14)25-6-7-28-15(10-25)11-26-19-17(22-23-26)18(20-13-21-19)24-4-1-2-5-24/h3,8,12-13,15H,1-2,4-7,9-11H2/t15-/m0/s1. The average Bonchev–Trinajstić information content (AvgIpc) is 3.51. The molecular formula is C19H23N7O2S. The zero-order valence-electron chi connectivity index (χ0n) is 16.1. The van der Waals surface area contributed by atoms with E-state index in [4.69, 9.17) is 4.74 Å². The average molecular weight is 414 g/mol. The van der Waals surface area contributed by atoms with Gasteiger partial charge in [0, 0.05) is 26.2 Å². The summed E-state index contributed by atoms with van der Waals surface area (Å²) < 4.78 is 7.68. The van der Waals surface area contributed by atoms with Crippen molar-refractivity contribution in [2.24, 2.45) is 0 Å². The van der Waals surface area contributed by atoms with E-state index in [2.05, 4.69) is 25.2 Å². The normalized spacial score (nSPS) is 19.9. The van der Waals surface area contributed by atoms with Crippen molar-refractivity contribution in [3.05, 3.63) is 28.7 Å². The van der Waals surface area contributed by atoms with Crippen molar-refractivity contribution in [1.82, 2.24) is 29.9 Å². The van der Waals surface area contributed by atoms with Gasteiger partial charge in [0.05, 0.1) is 25.7 Å². The fourth-order valence-corrected chi connectivity index (χ4v) is 4.66. The fraction of sp³-hybridized carbons (Fsp3) is 0.526. The molecule has 1 amide bonds. The zero-order chi connectivity index (χ0) is 19.6. The Bertz CT molecular complexity index is 984. The molecule has 0 radical (unpaired) electrons. The van der Waals surface area contributed by atoms with Crippen LogP contribution in [0.2, 0.25) is 0 Å². The van der Waals surface area contributed by atoms with Crippen LogP contribution in [0.1, 0.15) is 18.4 Å². The van der Waals surface area contributed by atoms with Gasteiger partial charge in [-0.1, -0.05) is 5.21 Å². The second-order valence-corrected chi connectivity index (χ2v) is 8.26. The third-order valence-electron chi connectivity index (χ3n) is 5.49. The Balaban J connectivity index is 1.29. The molecule has 3 aromatic rings. The Morgan fingerprint density at radius 2 is 2.14 bits per heavy atom. The van der Waals surface area contributed by atoms with E-state index in [-0.39, 0.29) is 12.0 Å².